The highest BCUT2D eigenvalue weighted by atomic mass is 16.3. The summed E-state index contributed by atoms with van der Waals surface area (Å²) in [5, 5.41) is 16.5. The van der Waals surface area contributed by atoms with Crippen LogP contribution in [0.5, 0.6) is 0 Å². The van der Waals surface area contributed by atoms with Gasteiger partial charge in [0, 0.05) is 51.4 Å². The predicted octanol–water partition coefficient (Wildman–Crippen LogP) is 1.44. The first kappa shape index (κ1) is 24.1. The van der Waals surface area contributed by atoms with Crippen molar-refractivity contribution in [3.8, 4) is 0 Å². The van der Waals surface area contributed by atoms with Crippen molar-refractivity contribution in [2.45, 2.75) is 50.8 Å². The number of rotatable bonds is 8. The highest BCUT2D eigenvalue weighted by molar-refractivity contribution is 5.92. The first-order valence-electron chi connectivity index (χ1n) is 12.1. The van der Waals surface area contributed by atoms with Gasteiger partial charge in [-0.25, -0.2) is 9.97 Å². The van der Waals surface area contributed by atoms with Crippen LogP contribution in [0.3, 0.4) is 0 Å². The molecule has 3 N–H and O–H groups in total. The van der Waals surface area contributed by atoms with Gasteiger partial charge in [0.1, 0.15) is 17.8 Å². The van der Waals surface area contributed by atoms with Gasteiger partial charge in [-0.15, -0.1) is 0 Å². The molecule has 1 atom stereocenters. The summed E-state index contributed by atoms with van der Waals surface area (Å²) in [5.74, 6) is 0.388. The minimum atomic E-state index is -0.622. The van der Waals surface area contributed by atoms with Crippen LogP contribution in [0.25, 0.3) is 0 Å². The van der Waals surface area contributed by atoms with Gasteiger partial charge in [-0.1, -0.05) is 24.3 Å². The van der Waals surface area contributed by atoms with Crippen LogP contribution in [0.15, 0.2) is 36.7 Å². The number of nitrogens with zero attached hydrogens (tertiary/aromatic N) is 4. The van der Waals surface area contributed by atoms with Crippen molar-refractivity contribution >= 4 is 18.1 Å². The molecule has 3 heterocycles. The molecular formula is C25H34N6O3. The summed E-state index contributed by atoms with van der Waals surface area (Å²) in [7, 11) is 0. The number of nitrogens with one attached hydrogen (secondary N) is 2. The Morgan fingerprint density at radius 1 is 1.15 bits per heavy atom. The second-order valence-electron chi connectivity index (χ2n) is 9.17. The van der Waals surface area contributed by atoms with Crippen molar-refractivity contribution < 1.29 is 14.7 Å². The molecule has 5 rings (SSSR count). The largest absolute Gasteiger partial charge is 0.390 e. The molecule has 34 heavy (non-hydrogen) atoms. The minimum Gasteiger partial charge on any atom is -0.390 e. The Kier molecular flexibility index (Phi) is 8.43. The molecule has 0 spiro atoms. The number of carbonyl (C=O) groups is 2. The topological polar surface area (TPSA) is 111 Å². The lowest BCUT2D eigenvalue weighted by Crippen LogP contribution is -2.42. The van der Waals surface area contributed by atoms with E-state index in [4.69, 9.17) is 0 Å². The Hall–Kier alpha value is -3.04. The van der Waals surface area contributed by atoms with Crippen molar-refractivity contribution in [2.24, 2.45) is 0 Å². The first-order chi connectivity index (χ1) is 16.6. The lowest BCUT2D eigenvalue weighted by Gasteiger charge is -2.30. The van der Waals surface area contributed by atoms with E-state index in [9.17, 15) is 14.7 Å². The number of amides is 2. The van der Waals surface area contributed by atoms with Gasteiger partial charge in [0.2, 0.25) is 6.41 Å². The van der Waals surface area contributed by atoms with Gasteiger partial charge >= 0.3 is 0 Å². The number of anilines is 1. The molecule has 1 unspecified atom stereocenters. The third-order valence-corrected chi connectivity index (χ3v) is 6.57. The molecule has 2 aromatic rings. The van der Waals surface area contributed by atoms with Crippen LogP contribution >= 0.6 is 0 Å². The Labute approximate surface area is 200 Å². The SMILES string of the molecule is O=C(NCC(O)CN1CCc2ccccc2C1)c1cc(NC2CCC2)ncn1.O=CN1CCC1. The molecule has 1 aromatic heterocycles. The second kappa shape index (κ2) is 11.9. The van der Waals surface area contributed by atoms with Crippen LogP contribution in [0.1, 0.15) is 47.3 Å². The summed E-state index contributed by atoms with van der Waals surface area (Å²) in [4.78, 5) is 34.3. The average molecular weight is 467 g/mol. The summed E-state index contributed by atoms with van der Waals surface area (Å²) < 4.78 is 0. The maximum Gasteiger partial charge on any atom is 0.270 e. The van der Waals surface area contributed by atoms with Crippen molar-refractivity contribution in [3.05, 3.63) is 53.5 Å². The van der Waals surface area contributed by atoms with E-state index in [1.54, 1.807) is 11.0 Å². The fourth-order valence-electron chi connectivity index (χ4n) is 4.14. The van der Waals surface area contributed by atoms with Gasteiger partial charge in [-0.05, 0) is 43.2 Å². The number of likely N-dealkylation sites (tertiary alicyclic amines) is 1. The van der Waals surface area contributed by atoms with Crippen molar-refractivity contribution in [2.75, 3.05) is 38.0 Å². The Morgan fingerprint density at radius 2 is 1.94 bits per heavy atom. The fraction of sp³-hybridized carbons (Fsp3) is 0.520. The Morgan fingerprint density at radius 3 is 2.59 bits per heavy atom. The first-order valence-corrected chi connectivity index (χ1v) is 12.1. The van der Waals surface area contributed by atoms with Crippen LogP contribution in [0, 0.1) is 0 Å². The summed E-state index contributed by atoms with van der Waals surface area (Å²) in [6.45, 7) is 4.44. The van der Waals surface area contributed by atoms with Crippen molar-refractivity contribution in [1.29, 1.82) is 0 Å². The van der Waals surface area contributed by atoms with E-state index in [1.165, 1.54) is 30.3 Å². The highest BCUT2D eigenvalue weighted by Crippen LogP contribution is 2.22. The lowest BCUT2D eigenvalue weighted by atomic mass is 9.93. The van der Waals surface area contributed by atoms with E-state index >= 15 is 0 Å². The molecule has 1 aromatic carbocycles. The van der Waals surface area contributed by atoms with E-state index in [0.29, 0.717) is 24.1 Å². The molecule has 182 valence electrons. The summed E-state index contributed by atoms with van der Waals surface area (Å²) in [5.41, 5.74) is 3.02. The number of aromatic nitrogens is 2. The number of carbonyl (C=O) groups excluding carboxylic acids is 2. The molecular weight excluding hydrogens is 432 g/mol. The van der Waals surface area contributed by atoms with Crippen molar-refractivity contribution in [3.63, 3.8) is 0 Å². The Balaban J connectivity index is 0.000000398. The van der Waals surface area contributed by atoms with E-state index in [1.807, 2.05) is 0 Å². The summed E-state index contributed by atoms with van der Waals surface area (Å²) >= 11 is 0. The standard InChI is InChI=1S/C21H27N5O2.C4H7NO/c27-18(13-26-9-8-15-4-1-2-5-16(15)12-26)11-22-21(28)19-10-20(24-14-23-19)25-17-6-3-7-17;6-4-5-2-1-3-5/h1-2,4-5,10,14,17-18,27H,3,6-9,11-13H2,(H,22,28)(H,23,24,25);4H,1-3H2. The fourth-order valence-corrected chi connectivity index (χ4v) is 4.14. The van der Waals surface area contributed by atoms with Gasteiger partial charge < -0.3 is 20.6 Å². The van der Waals surface area contributed by atoms with E-state index in [0.717, 1.165) is 51.9 Å². The van der Waals surface area contributed by atoms with Crippen molar-refractivity contribution in [1.82, 2.24) is 25.1 Å². The molecule has 2 amide bonds. The number of fused-ring (bicyclic) bond motifs is 1. The zero-order valence-corrected chi connectivity index (χ0v) is 19.5. The van der Waals surface area contributed by atoms with Gasteiger partial charge in [0.05, 0.1) is 6.10 Å². The summed E-state index contributed by atoms with van der Waals surface area (Å²) in [6, 6.07) is 10.5. The molecule has 9 nitrogen and oxygen atoms in total. The molecule has 1 saturated carbocycles. The normalized spacial score (nSPS) is 18.3. The van der Waals surface area contributed by atoms with E-state index in [2.05, 4.69) is 49.8 Å². The van der Waals surface area contributed by atoms with Gasteiger partial charge in [-0.3, -0.25) is 14.5 Å². The number of β-amino-alcohol motifs (C(OH)–C–C–N with tert-alkyl or cyclic N) is 1. The number of hydrogen-bond acceptors (Lipinski definition) is 7. The lowest BCUT2D eigenvalue weighted by molar-refractivity contribution is -0.121. The maximum atomic E-state index is 12.4. The van der Waals surface area contributed by atoms with Crippen LogP contribution in [0.4, 0.5) is 5.82 Å². The molecule has 3 aliphatic rings. The maximum absolute atomic E-state index is 12.4. The molecule has 1 saturated heterocycles. The molecule has 9 heteroatoms. The van der Waals surface area contributed by atoms with Crippen LogP contribution in [0.2, 0.25) is 0 Å². The molecule has 2 fully saturated rings. The monoisotopic (exact) mass is 466 g/mol. The zero-order chi connectivity index (χ0) is 23.8. The number of benzene rings is 1. The van der Waals surface area contributed by atoms with E-state index in [-0.39, 0.29) is 12.5 Å². The predicted molar refractivity (Wildman–Crippen MR) is 129 cm³/mol. The molecule has 1 aliphatic carbocycles. The number of aliphatic hydroxyl groups excluding tert-OH is 1. The quantitative estimate of drug-likeness (QED) is 0.505. The molecule has 2 aliphatic heterocycles. The van der Waals surface area contributed by atoms with Crippen LogP contribution in [-0.2, 0) is 17.8 Å². The third-order valence-electron chi connectivity index (χ3n) is 6.57. The smallest absolute Gasteiger partial charge is 0.270 e. The number of aliphatic hydroxyl groups is 1. The molecule has 0 radical (unpaired) electrons. The average Bonchev–Trinajstić information content (AvgIpc) is 2.80. The third kappa shape index (κ3) is 6.74. The Bertz CT molecular complexity index is 963. The van der Waals surface area contributed by atoms with Gasteiger partial charge in [0.15, 0.2) is 0 Å². The minimum absolute atomic E-state index is 0.201. The van der Waals surface area contributed by atoms with Crippen LogP contribution in [-0.4, -0.2) is 82.1 Å². The van der Waals surface area contributed by atoms with Crippen LogP contribution < -0.4 is 10.6 Å². The molecule has 0 bridgehead atoms. The van der Waals surface area contributed by atoms with Gasteiger partial charge in [0.25, 0.3) is 5.91 Å². The number of hydrogen-bond donors (Lipinski definition) is 3. The highest BCUT2D eigenvalue weighted by Gasteiger charge is 2.20. The summed E-state index contributed by atoms with van der Waals surface area (Å²) in [6.07, 6.45) is 7.37. The second-order valence-corrected chi connectivity index (χ2v) is 9.17. The van der Waals surface area contributed by atoms with Gasteiger partial charge in [-0.2, -0.15) is 0 Å². The zero-order valence-electron chi connectivity index (χ0n) is 19.5. The van der Waals surface area contributed by atoms with E-state index < -0.39 is 6.10 Å².